The van der Waals surface area contributed by atoms with Gasteiger partial charge in [-0.05, 0) is 13.8 Å². The summed E-state index contributed by atoms with van der Waals surface area (Å²) in [5.41, 5.74) is 4.56. The first-order valence-corrected chi connectivity index (χ1v) is 7.74. The van der Waals surface area contributed by atoms with Gasteiger partial charge in [0.2, 0.25) is 0 Å². The summed E-state index contributed by atoms with van der Waals surface area (Å²) in [5.74, 6) is 0.523. The first kappa shape index (κ1) is 17.0. The number of aromatic nitrogens is 2. The Morgan fingerprint density at radius 1 is 1.42 bits per heavy atom. The molecular weight excluding hydrogens is 316 g/mol. The second-order valence-corrected chi connectivity index (χ2v) is 6.03. The third kappa shape index (κ3) is 3.06. The lowest BCUT2D eigenvalue weighted by atomic mass is 10.1. The van der Waals surface area contributed by atoms with Crippen molar-refractivity contribution in [1.82, 2.24) is 14.9 Å². The van der Waals surface area contributed by atoms with E-state index in [0.717, 1.165) is 0 Å². The molecule has 10 heteroatoms. The van der Waals surface area contributed by atoms with E-state index in [1.54, 1.807) is 4.57 Å². The van der Waals surface area contributed by atoms with E-state index in [0.29, 0.717) is 18.1 Å². The van der Waals surface area contributed by atoms with E-state index in [9.17, 15) is 15.3 Å². The topological polar surface area (TPSA) is 137 Å². The van der Waals surface area contributed by atoms with Gasteiger partial charge in [-0.25, -0.2) is 10.4 Å². The highest BCUT2D eigenvalue weighted by molar-refractivity contribution is 5.44. The summed E-state index contributed by atoms with van der Waals surface area (Å²) in [7, 11) is 0. The van der Waals surface area contributed by atoms with Crippen LogP contribution in [-0.4, -0.2) is 56.3 Å². The Bertz CT molecular complexity index is 641. The minimum atomic E-state index is -1.18. The van der Waals surface area contributed by atoms with Crippen LogP contribution in [-0.2, 0) is 4.74 Å². The van der Waals surface area contributed by atoms with Gasteiger partial charge in [0.15, 0.2) is 18.2 Å². The van der Waals surface area contributed by atoms with Gasteiger partial charge in [0.1, 0.15) is 24.0 Å². The van der Waals surface area contributed by atoms with Crippen LogP contribution in [0.2, 0.25) is 0 Å². The van der Waals surface area contributed by atoms with Crippen LogP contribution in [0.15, 0.2) is 28.3 Å². The Morgan fingerprint density at radius 2 is 2.21 bits per heavy atom. The first-order chi connectivity index (χ1) is 11.5. The molecule has 0 spiro atoms. The van der Waals surface area contributed by atoms with Crippen LogP contribution >= 0.6 is 0 Å². The minimum absolute atomic E-state index is 0.383. The summed E-state index contributed by atoms with van der Waals surface area (Å²) < 4.78 is 7.07. The van der Waals surface area contributed by atoms with Gasteiger partial charge in [-0.1, -0.05) is 16.9 Å². The highest BCUT2D eigenvalue weighted by Gasteiger charge is 2.44. The predicted octanol–water partition coefficient (Wildman–Crippen LogP) is -0.158. The molecule has 1 aromatic rings. The van der Waals surface area contributed by atoms with Crippen molar-refractivity contribution in [3.63, 3.8) is 0 Å². The molecule has 2 aliphatic heterocycles. The fraction of sp³-hybridized carbons (Fsp3) is 0.643. The number of rotatable bonds is 5. The SMILES string of the molecule is CC(C)=CCNC1N=NNc2c1ncn2[C@@H]1O[C@H](CO)[C@@H](O)[C@H]1O. The lowest BCUT2D eigenvalue weighted by Gasteiger charge is -2.21. The van der Waals surface area contributed by atoms with Crippen molar-refractivity contribution in [2.75, 3.05) is 18.6 Å². The third-order valence-corrected chi connectivity index (χ3v) is 4.02. The van der Waals surface area contributed by atoms with Crippen LogP contribution in [0.3, 0.4) is 0 Å². The average molecular weight is 338 g/mol. The van der Waals surface area contributed by atoms with E-state index in [-0.39, 0.29) is 6.61 Å². The summed E-state index contributed by atoms with van der Waals surface area (Å²) >= 11 is 0. The first-order valence-electron chi connectivity index (χ1n) is 7.74. The quantitative estimate of drug-likeness (QED) is 0.471. The lowest BCUT2D eigenvalue weighted by Crippen LogP contribution is -2.33. The molecule has 132 valence electrons. The van der Waals surface area contributed by atoms with Gasteiger partial charge < -0.3 is 20.1 Å². The van der Waals surface area contributed by atoms with Crippen LogP contribution in [0, 0.1) is 0 Å². The van der Waals surface area contributed by atoms with Crippen LogP contribution < -0.4 is 10.7 Å². The average Bonchev–Trinajstić information content (AvgIpc) is 3.10. The molecule has 1 saturated heterocycles. The van der Waals surface area contributed by atoms with Crippen molar-refractivity contribution in [1.29, 1.82) is 0 Å². The van der Waals surface area contributed by atoms with Crippen molar-refractivity contribution < 1.29 is 20.1 Å². The molecule has 1 unspecified atom stereocenters. The van der Waals surface area contributed by atoms with E-state index in [1.807, 2.05) is 19.9 Å². The highest BCUT2D eigenvalue weighted by atomic mass is 16.6. The van der Waals surface area contributed by atoms with Crippen molar-refractivity contribution in [3.05, 3.63) is 23.7 Å². The molecular formula is C14H22N6O4. The van der Waals surface area contributed by atoms with Crippen LogP contribution in [0.1, 0.15) is 31.9 Å². The standard InChI is InChI=1S/C14H22N6O4/c1-7(2)3-4-15-12-9-13(18-19-17-12)20(6-16-9)14-11(23)10(22)8(5-21)24-14/h3,6,8,10-12,14-15,21-23H,4-5H2,1-2H3,(H,17,18)/t8-,10-,11-,12?,14-/m1/s1. The maximum absolute atomic E-state index is 10.2. The normalized spacial score (nSPS) is 31.6. The number of allylic oxidation sites excluding steroid dienone is 1. The third-order valence-electron chi connectivity index (χ3n) is 4.02. The summed E-state index contributed by atoms with van der Waals surface area (Å²) in [6, 6.07) is 0. The number of ether oxygens (including phenoxy) is 1. The smallest absolute Gasteiger partial charge is 0.169 e. The zero-order valence-corrected chi connectivity index (χ0v) is 13.5. The largest absolute Gasteiger partial charge is 0.394 e. The minimum Gasteiger partial charge on any atom is -0.394 e. The van der Waals surface area contributed by atoms with Gasteiger partial charge in [0, 0.05) is 6.54 Å². The molecule has 0 bridgehead atoms. The number of fused-ring (bicyclic) bond motifs is 1. The summed E-state index contributed by atoms with van der Waals surface area (Å²) in [4.78, 5) is 4.32. The fourth-order valence-electron chi connectivity index (χ4n) is 2.69. The zero-order valence-electron chi connectivity index (χ0n) is 13.5. The fourth-order valence-corrected chi connectivity index (χ4v) is 2.69. The number of anilines is 1. The maximum Gasteiger partial charge on any atom is 0.169 e. The molecule has 0 saturated carbocycles. The Labute approximate surface area is 138 Å². The second kappa shape index (κ2) is 6.95. The molecule has 1 fully saturated rings. The van der Waals surface area contributed by atoms with Crippen molar-refractivity contribution in [2.45, 2.75) is 44.6 Å². The molecule has 5 N–H and O–H groups in total. The van der Waals surface area contributed by atoms with E-state index in [2.05, 4.69) is 26.1 Å². The van der Waals surface area contributed by atoms with E-state index < -0.39 is 30.7 Å². The Kier molecular flexibility index (Phi) is 4.92. The van der Waals surface area contributed by atoms with Gasteiger partial charge in [0.05, 0.1) is 12.9 Å². The molecule has 1 aromatic heterocycles. The molecule has 0 amide bonds. The van der Waals surface area contributed by atoms with Gasteiger partial charge in [0.25, 0.3) is 0 Å². The number of hydrogen-bond donors (Lipinski definition) is 5. The summed E-state index contributed by atoms with van der Waals surface area (Å²) in [6.45, 7) is 4.25. The van der Waals surface area contributed by atoms with E-state index in [1.165, 1.54) is 11.9 Å². The molecule has 10 nitrogen and oxygen atoms in total. The number of aliphatic hydroxyl groups excluding tert-OH is 3. The van der Waals surface area contributed by atoms with Gasteiger partial charge >= 0.3 is 0 Å². The highest BCUT2D eigenvalue weighted by Crippen LogP contribution is 2.35. The number of imidazole rings is 1. The second-order valence-electron chi connectivity index (χ2n) is 6.03. The van der Waals surface area contributed by atoms with Crippen molar-refractivity contribution >= 4 is 5.82 Å². The van der Waals surface area contributed by atoms with E-state index in [4.69, 9.17) is 4.74 Å². The molecule has 24 heavy (non-hydrogen) atoms. The predicted molar refractivity (Wildman–Crippen MR) is 83.9 cm³/mol. The maximum atomic E-state index is 10.2. The number of hydrogen-bond acceptors (Lipinski definition) is 9. The molecule has 0 aliphatic carbocycles. The zero-order chi connectivity index (χ0) is 17.3. The van der Waals surface area contributed by atoms with Gasteiger partial charge in [-0.3, -0.25) is 9.88 Å². The van der Waals surface area contributed by atoms with Gasteiger partial charge in [-0.15, -0.1) is 5.11 Å². The number of aliphatic hydroxyl groups is 3. The molecule has 3 rings (SSSR count). The van der Waals surface area contributed by atoms with Crippen LogP contribution in [0.25, 0.3) is 0 Å². The van der Waals surface area contributed by atoms with E-state index >= 15 is 0 Å². The molecule has 3 heterocycles. The number of nitrogens with zero attached hydrogens (tertiary/aromatic N) is 4. The van der Waals surface area contributed by atoms with Crippen molar-refractivity contribution in [3.8, 4) is 0 Å². The molecule has 0 radical (unpaired) electrons. The summed E-state index contributed by atoms with van der Waals surface area (Å²) in [6.07, 6.45) is -0.972. The monoisotopic (exact) mass is 338 g/mol. The Balaban J connectivity index is 1.80. The molecule has 0 aromatic carbocycles. The van der Waals surface area contributed by atoms with Crippen LogP contribution in [0.4, 0.5) is 5.82 Å². The molecule has 2 aliphatic rings. The van der Waals surface area contributed by atoms with Crippen molar-refractivity contribution in [2.24, 2.45) is 10.3 Å². The van der Waals surface area contributed by atoms with Crippen LogP contribution in [0.5, 0.6) is 0 Å². The number of nitrogens with one attached hydrogen (secondary N) is 2. The van der Waals surface area contributed by atoms with Gasteiger partial charge in [-0.2, -0.15) is 0 Å². The molecule has 5 atom stereocenters. The lowest BCUT2D eigenvalue weighted by molar-refractivity contribution is -0.0519. The Morgan fingerprint density at radius 3 is 2.88 bits per heavy atom. The Hall–Kier alpha value is -1.85. The summed E-state index contributed by atoms with van der Waals surface area (Å²) in [5, 5.41) is 40.4.